The Bertz CT molecular complexity index is 476. The number of esters is 1. The number of halogens is 1. The second-order valence-corrected chi connectivity index (χ2v) is 6.76. The van der Waals surface area contributed by atoms with Gasteiger partial charge in [-0.05, 0) is 51.2 Å². The fourth-order valence-corrected chi connectivity index (χ4v) is 2.74. The Kier molecular flexibility index (Phi) is 4.71. The monoisotopic (exact) mass is 295 g/mol. The van der Waals surface area contributed by atoms with Crippen molar-refractivity contribution in [3.63, 3.8) is 0 Å². The second-order valence-electron chi connectivity index (χ2n) is 6.35. The van der Waals surface area contributed by atoms with Gasteiger partial charge in [0.25, 0.3) is 0 Å². The summed E-state index contributed by atoms with van der Waals surface area (Å²) in [6.07, 6.45) is 2.04. The van der Waals surface area contributed by atoms with Gasteiger partial charge in [-0.2, -0.15) is 0 Å². The molecule has 0 amide bonds. The summed E-state index contributed by atoms with van der Waals surface area (Å²) in [5, 5.41) is 4.08. The lowest BCUT2D eigenvalue weighted by Gasteiger charge is -2.36. The predicted molar refractivity (Wildman–Crippen MR) is 81.1 cm³/mol. The Morgan fingerprint density at radius 2 is 2.00 bits per heavy atom. The molecule has 1 fully saturated rings. The van der Waals surface area contributed by atoms with Gasteiger partial charge in [-0.15, -0.1) is 0 Å². The molecule has 1 N–H and O–H groups in total. The lowest BCUT2D eigenvalue weighted by molar-refractivity contribution is -0.153. The van der Waals surface area contributed by atoms with Crippen molar-refractivity contribution < 1.29 is 9.53 Å². The van der Waals surface area contributed by atoms with Crippen LogP contribution in [0.25, 0.3) is 0 Å². The zero-order valence-corrected chi connectivity index (χ0v) is 13.0. The summed E-state index contributed by atoms with van der Waals surface area (Å²) in [5.74, 6) is 0.304. The van der Waals surface area contributed by atoms with Gasteiger partial charge in [0.15, 0.2) is 0 Å². The first-order chi connectivity index (χ1) is 9.35. The van der Waals surface area contributed by atoms with E-state index in [1.54, 1.807) is 0 Å². The van der Waals surface area contributed by atoms with Crippen molar-refractivity contribution in [2.75, 3.05) is 6.54 Å². The number of carbonyl (C=O) groups excluding carboxylic acids is 1. The predicted octanol–water partition coefficient (Wildman–Crippen LogP) is 3.52. The van der Waals surface area contributed by atoms with Crippen LogP contribution in [0.3, 0.4) is 0 Å². The first kappa shape index (κ1) is 15.3. The molecule has 0 heterocycles. The number of ether oxygens (including phenoxy) is 1. The lowest BCUT2D eigenvalue weighted by Crippen LogP contribution is -2.43. The number of benzene rings is 1. The minimum atomic E-state index is -0.418. The Labute approximate surface area is 125 Å². The molecule has 0 atom stereocenters. The summed E-state index contributed by atoms with van der Waals surface area (Å²) in [5.41, 5.74) is 0.794. The summed E-state index contributed by atoms with van der Waals surface area (Å²) < 4.78 is 5.26. The van der Waals surface area contributed by atoms with E-state index in [4.69, 9.17) is 16.3 Å². The highest BCUT2D eigenvalue weighted by Gasteiger charge is 2.31. The summed E-state index contributed by atoms with van der Waals surface area (Å²) >= 11 is 6.19. The number of carbonyl (C=O) groups is 1. The SMILES string of the molecule is CC(C)(C)OC(=O)CNC1CC(c2ccccc2Cl)C1. The van der Waals surface area contributed by atoms with Crippen molar-refractivity contribution in [3.05, 3.63) is 34.9 Å². The van der Waals surface area contributed by atoms with Gasteiger partial charge in [0, 0.05) is 11.1 Å². The van der Waals surface area contributed by atoms with Crippen LogP contribution in [-0.4, -0.2) is 24.2 Å². The molecule has 0 aliphatic heterocycles. The molecule has 0 bridgehead atoms. The van der Waals surface area contributed by atoms with Crippen LogP contribution in [0.1, 0.15) is 45.1 Å². The Morgan fingerprint density at radius 1 is 1.35 bits per heavy atom. The molecular weight excluding hydrogens is 274 g/mol. The number of hydrogen-bond donors (Lipinski definition) is 1. The highest BCUT2D eigenvalue weighted by molar-refractivity contribution is 6.31. The van der Waals surface area contributed by atoms with Crippen molar-refractivity contribution in [2.45, 2.75) is 51.2 Å². The van der Waals surface area contributed by atoms with E-state index >= 15 is 0 Å². The van der Waals surface area contributed by atoms with Crippen molar-refractivity contribution >= 4 is 17.6 Å². The van der Waals surface area contributed by atoms with Crippen LogP contribution in [0, 0.1) is 0 Å². The topological polar surface area (TPSA) is 38.3 Å². The van der Waals surface area contributed by atoms with E-state index in [9.17, 15) is 4.79 Å². The van der Waals surface area contributed by atoms with Crippen molar-refractivity contribution in [2.24, 2.45) is 0 Å². The molecule has 1 aliphatic carbocycles. The molecule has 20 heavy (non-hydrogen) atoms. The van der Waals surface area contributed by atoms with E-state index in [2.05, 4.69) is 11.4 Å². The van der Waals surface area contributed by atoms with Crippen LogP contribution >= 0.6 is 11.6 Å². The summed E-state index contributed by atoms with van der Waals surface area (Å²) in [6.45, 7) is 5.90. The van der Waals surface area contributed by atoms with Crippen LogP contribution in [0.4, 0.5) is 0 Å². The molecule has 0 spiro atoms. The molecule has 110 valence electrons. The zero-order chi connectivity index (χ0) is 14.8. The van der Waals surface area contributed by atoms with Crippen LogP contribution in [0.15, 0.2) is 24.3 Å². The van der Waals surface area contributed by atoms with E-state index in [0.717, 1.165) is 17.9 Å². The third-order valence-corrected chi connectivity index (χ3v) is 3.78. The Balaban J connectivity index is 1.72. The highest BCUT2D eigenvalue weighted by atomic mass is 35.5. The van der Waals surface area contributed by atoms with Gasteiger partial charge in [-0.3, -0.25) is 4.79 Å². The minimum absolute atomic E-state index is 0.196. The van der Waals surface area contributed by atoms with Gasteiger partial charge in [-0.25, -0.2) is 0 Å². The standard InChI is InChI=1S/C16H22ClNO2/c1-16(2,3)20-15(19)10-18-12-8-11(9-12)13-6-4-5-7-14(13)17/h4-7,11-12,18H,8-10H2,1-3H3. The smallest absolute Gasteiger partial charge is 0.320 e. The third-order valence-electron chi connectivity index (χ3n) is 3.44. The molecular formula is C16H22ClNO2. The van der Waals surface area contributed by atoms with Gasteiger partial charge in [-0.1, -0.05) is 29.8 Å². The molecule has 3 nitrogen and oxygen atoms in total. The summed E-state index contributed by atoms with van der Waals surface area (Å²) in [4.78, 5) is 11.6. The normalized spacial score (nSPS) is 22.2. The molecule has 1 saturated carbocycles. The van der Waals surface area contributed by atoms with Gasteiger partial charge >= 0.3 is 5.97 Å². The molecule has 1 aliphatic rings. The molecule has 1 aromatic rings. The van der Waals surface area contributed by atoms with Crippen molar-refractivity contribution in [1.29, 1.82) is 0 Å². The molecule has 0 saturated heterocycles. The summed E-state index contributed by atoms with van der Waals surface area (Å²) in [7, 11) is 0. The highest BCUT2D eigenvalue weighted by Crippen LogP contribution is 2.39. The molecule has 2 rings (SSSR count). The van der Waals surface area contributed by atoms with E-state index in [1.807, 2.05) is 39.0 Å². The van der Waals surface area contributed by atoms with Crippen LogP contribution in [0.5, 0.6) is 0 Å². The molecule has 1 aromatic carbocycles. The largest absolute Gasteiger partial charge is 0.459 e. The zero-order valence-electron chi connectivity index (χ0n) is 12.3. The Morgan fingerprint density at radius 3 is 2.60 bits per heavy atom. The van der Waals surface area contributed by atoms with Crippen molar-refractivity contribution in [3.8, 4) is 0 Å². The van der Waals surface area contributed by atoms with Crippen LogP contribution in [0.2, 0.25) is 5.02 Å². The van der Waals surface area contributed by atoms with E-state index in [-0.39, 0.29) is 12.5 Å². The summed E-state index contributed by atoms with van der Waals surface area (Å²) in [6, 6.07) is 8.35. The Hall–Kier alpha value is -1.06. The maximum absolute atomic E-state index is 11.6. The van der Waals surface area contributed by atoms with Crippen LogP contribution < -0.4 is 5.32 Å². The lowest BCUT2D eigenvalue weighted by atomic mass is 9.76. The minimum Gasteiger partial charge on any atom is -0.459 e. The maximum Gasteiger partial charge on any atom is 0.320 e. The quantitative estimate of drug-likeness (QED) is 0.864. The van der Waals surface area contributed by atoms with Gasteiger partial charge in [0.05, 0.1) is 6.54 Å². The first-order valence-corrected chi connectivity index (χ1v) is 7.42. The maximum atomic E-state index is 11.6. The fraction of sp³-hybridized carbons (Fsp3) is 0.562. The van der Waals surface area contributed by atoms with E-state index < -0.39 is 5.60 Å². The third kappa shape index (κ3) is 4.22. The number of nitrogens with one attached hydrogen (secondary N) is 1. The second kappa shape index (κ2) is 6.15. The van der Waals surface area contributed by atoms with Gasteiger partial charge < -0.3 is 10.1 Å². The van der Waals surface area contributed by atoms with E-state index in [0.29, 0.717) is 12.0 Å². The first-order valence-electron chi connectivity index (χ1n) is 7.05. The molecule has 0 unspecified atom stereocenters. The fourth-order valence-electron chi connectivity index (χ4n) is 2.45. The molecule has 4 heteroatoms. The molecule has 0 aromatic heterocycles. The number of hydrogen-bond acceptors (Lipinski definition) is 3. The van der Waals surface area contributed by atoms with E-state index in [1.165, 1.54) is 5.56 Å². The number of rotatable bonds is 4. The average molecular weight is 296 g/mol. The van der Waals surface area contributed by atoms with Gasteiger partial charge in [0.2, 0.25) is 0 Å². The van der Waals surface area contributed by atoms with Crippen molar-refractivity contribution in [1.82, 2.24) is 5.32 Å². The average Bonchev–Trinajstić information content (AvgIpc) is 2.26. The van der Waals surface area contributed by atoms with Gasteiger partial charge in [0.1, 0.15) is 5.60 Å². The van der Waals surface area contributed by atoms with Crippen LogP contribution in [-0.2, 0) is 9.53 Å². The molecule has 0 radical (unpaired) electrons.